The number of nitrogens with one attached hydrogen (secondary N) is 2. The Hall–Kier alpha value is -3.49. The first-order valence-electron chi connectivity index (χ1n) is 12.2. The second kappa shape index (κ2) is 13.7. The predicted octanol–water partition coefficient (Wildman–Crippen LogP) is 3.97. The van der Waals surface area contributed by atoms with Crippen molar-refractivity contribution < 1.29 is 28.2 Å². The van der Waals surface area contributed by atoms with E-state index in [2.05, 4.69) is 29.7 Å². The average Bonchev–Trinajstić information content (AvgIpc) is 2.87. The zero-order valence-corrected chi connectivity index (χ0v) is 21.4. The number of carbonyl (C=O) groups is 1. The Bertz CT molecular complexity index is 1170. The number of aliphatic hydroxyl groups excluding tert-OH is 1. The maximum Gasteiger partial charge on any atom is 0.224 e. The molecule has 0 fully saturated rings. The third-order valence-corrected chi connectivity index (χ3v) is 6.11. The van der Waals surface area contributed by atoms with Crippen LogP contribution < -0.4 is 20.1 Å². The van der Waals surface area contributed by atoms with Crippen LogP contribution >= 0.6 is 0 Å². The lowest BCUT2D eigenvalue weighted by Gasteiger charge is -2.25. The molecule has 0 aliphatic heterocycles. The number of hydrogen-bond donors (Lipinski definition) is 3. The Morgan fingerprint density at radius 3 is 2.32 bits per heavy atom. The van der Waals surface area contributed by atoms with E-state index in [4.69, 9.17) is 9.47 Å². The SMILES string of the molecule is CCc1cccc(CNCC(O)C(Cc2cc(F)cc(F)c2)NC(=O)Cc2cccc(OC)c2OC)c1. The highest BCUT2D eigenvalue weighted by Gasteiger charge is 2.23. The van der Waals surface area contributed by atoms with Crippen LogP contribution in [-0.4, -0.2) is 43.9 Å². The van der Waals surface area contributed by atoms with Crippen molar-refractivity contribution in [2.24, 2.45) is 0 Å². The molecule has 0 heterocycles. The summed E-state index contributed by atoms with van der Waals surface area (Å²) in [5.74, 6) is -0.867. The van der Waals surface area contributed by atoms with Crippen molar-refractivity contribution in [3.05, 3.63) is 94.6 Å². The minimum absolute atomic E-state index is 0.0294. The summed E-state index contributed by atoms with van der Waals surface area (Å²) in [6.45, 7) is 2.78. The Morgan fingerprint density at radius 1 is 0.946 bits per heavy atom. The summed E-state index contributed by atoms with van der Waals surface area (Å²) in [6, 6.07) is 15.8. The van der Waals surface area contributed by atoms with Gasteiger partial charge in [-0.25, -0.2) is 8.78 Å². The fourth-order valence-electron chi connectivity index (χ4n) is 4.26. The molecule has 0 aliphatic rings. The Balaban J connectivity index is 1.72. The number of halogens is 2. The van der Waals surface area contributed by atoms with Crippen LogP contribution in [0.3, 0.4) is 0 Å². The van der Waals surface area contributed by atoms with Crippen molar-refractivity contribution in [1.82, 2.24) is 10.6 Å². The van der Waals surface area contributed by atoms with Gasteiger partial charge in [-0.15, -0.1) is 0 Å². The van der Waals surface area contributed by atoms with Gasteiger partial charge >= 0.3 is 0 Å². The molecule has 37 heavy (non-hydrogen) atoms. The summed E-state index contributed by atoms with van der Waals surface area (Å²) < 4.78 is 38.3. The van der Waals surface area contributed by atoms with Crippen molar-refractivity contribution in [2.75, 3.05) is 20.8 Å². The number of carbonyl (C=O) groups excluding carboxylic acids is 1. The van der Waals surface area contributed by atoms with E-state index in [1.54, 1.807) is 18.2 Å². The summed E-state index contributed by atoms with van der Waals surface area (Å²) in [5, 5.41) is 17.0. The summed E-state index contributed by atoms with van der Waals surface area (Å²) >= 11 is 0. The molecule has 2 unspecified atom stereocenters. The first-order chi connectivity index (χ1) is 17.8. The van der Waals surface area contributed by atoms with Crippen molar-refractivity contribution in [3.63, 3.8) is 0 Å². The van der Waals surface area contributed by atoms with E-state index in [9.17, 15) is 18.7 Å². The molecular formula is C29H34F2N2O4. The minimum Gasteiger partial charge on any atom is -0.493 e. The quantitative estimate of drug-likeness (QED) is 0.323. The maximum absolute atomic E-state index is 13.8. The van der Waals surface area contributed by atoms with E-state index in [0.29, 0.717) is 29.2 Å². The molecule has 0 saturated heterocycles. The van der Waals surface area contributed by atoms with Gasteiger partial charge in [0.25, 0.3) is 0 Å². The van der Waals surface area contributed by atoms with Crippen LogP contribution in [-0.2, 0) is 30.6 Å². The third-order valence-electron chi connectivity index (χ3n) is 6.11. The lowest BCUT2D eigenvalue weighted by Crippen LogP contribution is -2.49. The van der Waals surface area contributed by atoms with Crippen LogP contribution in [0.4, 0.5) is 8.78 Å². The molecule has 0 aromatic heterocycles. The lowest BCUT2D eigenvalue weighted by molar-refractivity contribution is -0.122. The first kappa shape index (κ1) is 28.1. The average molecular weight is 513 g/mol. The first-order valence-corrected chi connectivity index (χ1v) is 12.2. The number of amides is 1. The third kappa shape index (κ3) is 8.27. The van der Waals surface area contributed by atoms with Crippen LogP contribution in [0.15, 0.2) is 60.7 Å². The van der Waals surface area contributed by atoms with E-state index in [1.807, 2.05) is 12.1 Å². The predicted molar refractivity (Wildman–Crippen MR) is 139 cm³/mol. The number of benzene rings is 3. The fourth-order valence-corrected chi connectivity index (χ4v) is 4.26. The molecule has 0 aliphatic carbocycles. The molecule has 2 atom stereocenters. The van der Waals surface area contributed by atoms with E-state index < -0.39 is 23.8 Å². The number of aliphatic hydroxyl groups is 1. The topological polar surface area (TPSA) is 79.8 Å². The standard InChI is InChI=1S/C29H34F2N2O4/c1-4-19-7-5-8-20(11-19)17-32-18-26(34)25(14-21-12-23(30)16-24(31)13-21)33-28(35)15-22-9-6-10-27(36-2)29(22)37-3/h5-13,16,25-26,32,34H,4,14-15,17-18H2,1-3H3,(H,33,35). The van der Waals surface area contributed by atoms with Gasteiger partial charge in [-0.05, 0) is 47.7 Å². The minimum atomic E-state index is -1.02. The zero-order valence-electron chi connectivity index (χ0n) is 21.4. The van der Waals surface area contributed by atoms with Gasteiger partial charge in [0.15, 0.2) is 11.5 Å². The number of ether oxygens (including phenoxy) is 2. The summed E-state index contributed by atoms with van der Waals surface area (Å²) in [7, 11) is 3.00. The number of rotatable bonds is 13. The Kier molecular flexibility index (Phi) is 10.4. The van der Waals surface area contributed by atoms with Crippen molar-refractivity contribution in [1.29, 1.82) is 0 Å². The number of para-hydroxylation sites is 1. The maximum atomic E-state index is 13.8. The summed E-state index contributed by atoms with van der Waals surface area (Å²) in [5.41, 5.74) is 3.23. The Morgan fingerprint density at radius 2 is 1.65 bits per heavy atom. The lowest BCUT2D eigenvalue weighted by atomic mass is 9.99. The van der Waals surface area contributed by atoms with E-state index >= 15 is 0 Å². The van der Waals surface area contributed by atoms with Gasteiger partial charge < -0.3 is 25.2 Å². The van der Waals surface area contributed by atoms with Gasteiger partial charge in [-0.2, -0.15) is 0 Å². The van der Waals surface area contributed by atoms with Crippen molar-refractivity contribution in [2.45, 2.75) is 44.9 Å². The molecule has 3 aromatic carbocycles. The highest BCUT2D eigenvalue weighted by atomic mass is 19.1. The molecule has 6 nitrogen and oxygen atoms in total. The highest BCUT2D eigenvalue weighted by Crippen LogP contribution is 2.31. The molecule has 3 rings (SSSR count). The molecule has 3 N–H and O–H groups in total. The Labute approximate surface area is 216 Å². The van der Waals surface area contributed by atoms with Gasteiger partial charge in [0.05, 0.1) is 32.8 Å². The molecule has 0 saturated carbocycles. The zero-order chi connectivity index (χ0) is 26.8. The van der Waals surface area contributed by atoms with Crippen LogP contribution in [0.1, 0.15) is 29.2 Å². The van der Waals surface area contributed by atoms with Crippen molar-refractivity contribution >= 4 is 5.91 Å². The summed E-state index contributed by atoms with van der Waals surface area (Å²) in [6.07, 6.45) is -0.0773. The van der Waals surface area contributed by atoms with Crippen LogP contribution in [0.5, 0.6) is 11.5 Å². The smallest absolute Gasteiger partial charge is 0.224 e. The van der Waals surface area contributed by atoms with Gasteiger partial charge in [0, 0.05) is 24.7 Å². The molecule has 1 amide bonds. The number of hydrogen-bond acceptors (Lipinski definition) is 5. The van der Waals surface area contributed by atoms with Gasteiger partial charge in [0.2, 0.25) is 5.91 Å². The van der Waals surface area contributed by atoms with E-state index in [0.717, 1.165) is 18.1 Å². The molecular weight excluding hydrogens is 478 g/mol. The number of aryl methyl sites for hydroxylation is 1. The molecule has 0 radical (unpaired) electrons. The van der Waals surface area contributed by atoms with Gasteiger partial charge in [-0.1, -0.05) is 43.3 Å². The van der Waals surface area contributed by atoms with E-state index in [-0.39, 0.29) is 25.3 Å². The molecule has 198 valence electrons. The normalized spacial score (nSPS) is 12.6. The second-order valence-corrected chi connectivity index (χ2v) is 8.86. The van der Waals surface area contributed by atoms with Gasteiger partial charge in [-0.3, -0.25) is 4.79 Å². The van der Waals surface area contributed by atoms with Gasteiger partial charge in [0.1, 0.15) is 11.6 Å². The molecule has 0 spiro atoms. The van der Waals surface area contributed by atoms with Crippen molar-refractivity contribution in [3.8, 4) is 11.5 Å². The monoisotopic (exact) mass is 512 g/mol. The molecule has 8 heteroatoms. The highest BCUT2D eigenvalue weighted by molar-refractivity contribution is 5.80. The van der Waals surface area contributed by atoms with Crippen LogP contribution in [0.2, 0.25) is 0 Å². The van der Waals surface area contributed by atoms with Crippen LogP contribution in [0, 0.1) is 11.6 Å². The second-order valence-electron chi connectivity index (χ2n) is 8.86. The van der Waals surface area contributed by atoms with Crippen LogP contribution in [0.25, 0.3) is 0 Å². The number of methoxy groups -OCH3 is 2. The molecule has 3 aromatic rings. The molecule has 0 bridgehead atoms. The summed E-state index contributed by atoms with van der Waals surface area (Å²) in [4.78, 5) is 13.0. The largest absolute Gasteiger partial charge is 0.493 e. The van der Waals surface area contributed by atoms with E-state index in [1.165, 1.54) is 31.9 Å². The fraction of sp³-hybridized carbons (Fsp3) is 0.345.